The standard InChI is InChI=1S/C12H16FN3O3.ClH/c1-3-14-4-5-15-12(17)10-7-9(13)6-8(2)11(10)16(18)19;/h6-7,14H,3-5H2,1-2H3,(H,15,17);1H. The number of nitro groups is 1. The summed E-state index contributed by atoms with van der Waals surface area (Å²) in [5, 5.41) is 16.4. The van der Waals surface area contributed by atoms with Crippen molar-refractivity contribution < 1.29 is 14.1 Å². The van der Waals surface area contributed by atoms with E-state index in [-0.39, 0.29) is 29.2 Å². The smallest absolute Gasteiger partial charge is 0.285 e. The van der Waals surface area contributed by atoms with Crippen LogP contribution in [0.4, 0.5) is 10.1 Å². The van der Waals surface area contributed by atoms with E-state index in [2.05, 4.69) is 10.6 Å². The Hall–Kier alpha value is -1.73. The summed E-state index contributed by atoms with van der Waals surface area (Å²) in [7, 11) is 0. The molecular formula is C12H17ClFN3O3. The number of halogens is 2. The van der Waals surface area contributed by atoms with Crippen LogP contribution in [0.2, 0.25) is 0 Å². The Kier molecular flexibility index (Phi) is 7.71. The lowest BCUT2D eigenvalue weighted by atomic mass is 10.1. The van der Waals surface area contributed by atoms with Crippen LogP contribution in [0.1, 0.15) is 22.8 Å². The Balaban J connectivity index is 0.00000361. The van der Waals surface area contributed by atoms with Crippen molar-refractivity contribution >= 4 is 24.0 Å². The van der Waals surface area contributed by atoms with Gasteiger partial charge in [-0.25, -0.2) is 4.39 Å². The third-order valence-corrected chi connectivity index (χ3v) is 2.53. The van der Waals surface area contributed by atoms with Crippen LogP contribution in [0, 0.1) is 22.9 Å². The van der Waals surface area contributed by atoms with Crippen LogP contribution in [0.5, 0.6) is 0 Å². The van der Waals surface area contributed by atoms with Gasteiger partial charge in [0.25, 0.3) is 11.6 Å². The summed E-state index contributed by atoms with van der Waals surface area (Å²) in [6, 6.07) is 1.92. The van der Waals surface area contributed by atoms with Gasteiger partial charge in [0.15, 0.2) is 0 Å². The van der Waals surface area contributed by atoms with Gasteiger partial charge >= 0.3 is 0 Å². The molecule has 0 radical (unpaired) electrons. The molecule has 0 unspecified atom stereocenters. The largest absolute Gasteiger partial charge is 0.351 e. The highest BCUT2D eigenvalue weighted by atomic mass is 35.5. The molecule has 0 aliphatic heterocycles. The Bertz CT molecular complexity index is 497. The first-order valence-corrected chi connectivity index (χ1v) is 5.90. The van der Waals surface area contributed by atoms with Crippen LogP contribution in [0.3, 0.4) is 0 Å². The molecule has 112 valence electrons. The average molecular weight is 306 g/mol. The molecular weight excluding hydrogens is 289 g/mol. The van der Waals surface area contributed by atoms with E-state index in [1.807, 2.05) is 6.92 Å². The number of rotatable bonds is 6. The summed E-state index contributed by atoms with van der Waals surface area (Å²) < 4.78 is 13.3. The number of hydrogen-bond donors (Lipinski definition) is 2. The van der Waals surface area contributed by atoms with Gasteiger partial charge in [0.2, 0.25) is 0 Å². The van der Waals surface area contributed by atoms with Gasteiger partial charge < -0.3 is 10.6 Å². The number of likely N-dealkylation sites (N-methyl/N-ethyl adjacent to an activating group) is 1. The summed E-state index contributed by atoms with van der Waals surface area (Å²) in [5.41, 5.74) is -0.483. The number of benzene rings is 1. The fourth-order valence-electron chi connectivity index (χ4n) is 1.69. The van der Waals surface area contributed by atoms with Crippen LogP contribution in [0.25, 0.3) is 0 Å². The van der Waals surface area contributed by atoms with Crippen molar-refractivity contribution in [1.82, 2.24) is 10.6 Å². The summed E-state index contributed by atoms with van der Waals surface area (Å²) >= 11 is 0. The SMILES string of the molecule is CCNCCNC(=O)c1cc(F)cc(C)c1[N+](=O)[O-].Cl. The molecule has 0 saturated heterocycles. The quantitative estimate of drug-likeness (QED) is 0.477. The number of carbonyl (C=O) groups excluding carboxylic acids is 1. The zero-order valence-electron chi connectivity index (χ0n) is 11.2. The minimum atomic E-state index is -0.673. The van der Waals surface area contributed by atoms with Gasteiger partial charge in [-0.3, -0.25) is 14.9 Å². The van der Waals surface area contributed by atoms with E-state index in [9.17, 15) is 19.3 Å². The highest BCUT2D eigenvalue weighted by molar-refractivity contribution is 5.98. The van der Waals surface area contributed by atoms with Crippen molar-refractivity contribution in [3.63, 3.8) is 0 Å². The van der Waals surface area contributed by atoms with Crippen LogP contribution < -0.4 is 10.6 Å². The van der Waals surface area contributed by atoms with Crippen LogP contribution in [-0.2, 0) is 0 Å². The number of nitrogens with one attached hydrogen (secondary N) is 2. The lowest BCUT2D eigenvalue weighted by Gasteiger charge is -2.07. The number of amides is 1. The number of nitro benzene ring substituents is 1. The second-order valence-corrected chi connectivity index (χ2v) is 3.99. The van der Waals surface area contributed by atoms with Gasteiger partial charge in [0.05, 0.1) is 4.92 Å². The molecule has 1 aromatic carbocycles. The van der Waals surface area contributed by atoms with E-state index in [4.69, 9.17) is 0 Å². The number of nitrogens with zero attached hydrogens (tertiary/aromatic N) is 1. The molecule has 0 aromatic heterocycles. The van der Waals surface area contributed by atoms with Crippen LogP contribution in [-0.4, -0.2) is 30.5 Å². The molecule has 0 spiro atoms. The third-order valence-electron chi connectivity index (χ3n) is 2.53. The van der Waals surface area contributed by atoms with E-state index in [0.717, 1.165) is 18.7 Å². The molecule has 0 heterocycles. The topological polar surface area (TPSA) is 84.3 Å². The molecule has 6 nitrogen and oxygen atoms in total. The van der Waals surface area contributed by atoms with Crippen molar-refractivity contribution in [3.05, 3.63) is 39.2 Å². The molecule has 0 atom stereocenters. The summed E-state index contributed by atoms with van der Waals surface area (Å²) in [5.74, 6) is -1.31. The van der Waals surface area contributed by atoms with Crippen LogP contribution >= 0.6 is 12.4 Å². The molecule has 1 aromatic rings. The summed E-state index contributed by atoms with van der Waals surface area (Å²) in [6.07, 6.45) is 0. The first-order chi connectivity index (χ1) is 8.97. The van der Waals surface area contributed by atoms with E-state index in [0.29, 0.717) is 13.1 Å². The van der Waals surface area contributed by atoms with E-state index in [1.165, 1.54) is 6.92 Å². The Morgan fingerprint density at radius 3 is 2.60 bits per heavy atom. The first kappa shape index (κ1) is 18.3. The van der Waals surface area contributed by atoms with Gasteiger partial charge in [0.1, 0.15) is 11.4 Å². The Morgan fingerprint density at radius 2 is 2.05 bits per heavy atom. The molecule has 1 amide bonds. The average Bonchev–Trinajstić information content (AvgIpc) is 2.32. The molecule has 0 saturated carbocycles. The lowest BCUT2D eigenvalue weighted by Crippen LogP contribution is -2.32. The molecule has 0 aliphatic carbocycles. The maximum Gasteiger partial charge on any atom is 0.285 e. The zero-order chi connectivity index (χ0) is 14.4. The van der Waals surface area contributed by atoms with Crippen LogP contribution in [0.15, 0.2) is 12.1 Å². The normalized spacial score (nSPS) is 9.75. The first-order valence-electron chi connectivity index (χ1n) is 5.90. The summed E-state index contributed by atoms with van der Waals surface area (Å²) in [4.78, 5) is 22.1. The van der Waals surface area contributed by atoms with Crippen molar-refractivity contribution in [2.75, 3.05) is 19.6 Å². The predicted molar refractivity (Wildman–Crippen MR) is 75.9 cm³/mol. The number of hydrogen-bond acceptors (Lipinski definition) is 4. The fraction of sp³-hybridized carbons (Fsp3) is 0.417. The molecule has 0 aliphatic rings. The minimum absolute atomic E-state index is 0. The second kappa shape index (κ2) is 8.44. The monoisotopic (exact) mass is 305 g/mol. The number of carbonyl (C=O) groups is 1. The Labute approximate surface area is 122 Å². The number of aryl methyl sites for hydroxylation is 1. The molecule has 2 N–H and O–H groups in total. The van der Waals surface area contributed by atoms with E-state index < -0.39 is 16.6 Å². The third kappa shape index (κ3) is 4.75. The van der Waals surface area contributed by atoms with Crippen molar-refractivity contribution in [2.24, 2.45) is 0 Å². The maximum absolute atomic E-state index is 13.3. The summed E-state index contributed by atoms with van der Waals surface area (Å²) in [6.45, 7) is 4.94. The van der Waals surface area contributed by atoms with Crippen molar-refractivity contribution in [3.8, 4) is 0 Å². The van der Waals surface area contributed by atoms with Crippen molar-refractivity contribution in [2.45, 2.75) is 13.8 Å². The molecule has 8 heteroatoms. The van der Waals surface area contributed by atoms with Crippen molar-refractivity contribution in [1.29, 1.82) is 0 Å². The molecule has 0 bridgehead atoms. The van der Waals surface area contributed by atoms with Gasteiger partial charge in [-0.05, 0) is 25.6 Å². The highest BCUT2D eigenvalue weighted by Gasteiger charge is 2.23. The second-order valence-electron chi connectivity index (χ2n) is 3.99. The fourth-order valence-corrected chi connectivity index (χ4v) is 1.69. The molecule has 1 rings (SSSR count). The predicted octanol–water partition coefficient (Wildman–Crippen LogP) is 1.80. The van der Waals surface area contributed by atoms with Gasteiger partial charge in [-0.15, -0.1) is 12.4 Å². The highest BCUT2D eigenvalue weighted by Crippen LogP contribution is 2.24. The van der Waals surface area contributed by atoms with Gasteiger partial charge in [-0.2, -0.15) is 0 Å². The lowest BCUT2D eigenvalue weighted by molar-refractivity contribution is -0.385. The Morgan fingerprint density at radius 1 is 1.40 bits per heavy atom. The van der Waals surface area contributed by atoms with Gasteiger partial charge in [0, 0.05) is 18.7 Å². The van der Waals surface area contributed by atoms with E-state index in [1.54, 1.807) is 0 Å². The maximum atomic E-state index is 13.3. The zero-order valence-corrected chi connectivity index (χ0v) is 12.1. The minimum Gasteiger partial charge on any atom is -0.351 e. The molecule has 0 fully saturated rings. The molecule has 20 heavy (non-hydrogen) atoms. The van der Waals surface area contributed by atoms with E-state index >= 15 is 0 Å². The van der Waals surface area contributed by atoms with Gasteiger partial charge in [-0.1, -0.05) is 6.92 Å².